The number of carbonyl (C=O) groups excluding carboxylic acids is 1. The Morgan fingerprint density at radius 2 is 2.04 bits per heavy atom. The molecule has 3 rings (SSSR count). The van der Waals surface area contributed by atoms with Gasteiger partial charge in [-0.3, -0.25) is 4.79 Å². The van der Waals surface area contributed by atoms with Gasteiger partial charge in [0.1, 0.15) is 11.3 Å². The number of nitrogens with one attached hydrogen (secondary N) is 1. The summed E-state index contributed by atoms with van der Waals surface area (Å²) in [7, 11) is 0. The average molecular weight is 328 g/mol. The Balaban J connectivity index is 1.79. The number of nitrogens with zero attached hydrogens (tertiary/aromatic N) is 2. The van der Waals surface area contributed by atoms with Gasteiger partial charge in [-0.25, -0.2) is 4.57 Å². The molecule has 1 N–H and O–H groups in total. The van der Waals surface area contributed by atoms with E-state index in [-0.39, 0.29) is 11.3 Å². The molecule has 1 fully saturated rings. The number of hydrogen-bond donors (Lipinski definition) is 1. The third-order valence-corrected chi connectivity index (χ3v) is 4.57. The number of amides is 1. The molecule has 0 saturated heterocycles. The highest BCUT2D eigenvalue weighted by atomic mass is 16.5. The smallest absolute Gasteiger partial charge is 0.262 e. The monoisotopic (exact) mass is 328 g/mol. The summed E-state index contributed by atoms with van der Waals surface area (Å²) in [5.74, 6) is 1.81. The van der Waals surface area contributed by atoms with E-state index in [1.807, 2.05) is 40.0 Å². The zero-order valence-corrected chi connectivity index (χ0v) is 15.1. The van der Waals surface area contributed by atoms with Crippen LogP contribution in [-0.2, 0) is 12.0 Å². The Morgan fingerprint density at radius 1 is 1.33 bits per heavy atom. The second kappa shape index (κ2) is 6.04. The fourth-order valence-corrected chi connectivity index (χ4v) is 2.63. The molecule has 0 atom stereocenters. The minimum absolute atomic E-state index is 0.135. The highest BCUT2D eigenvalue weighted by Gasteiger charge is 2.28. The second-order valence-corrected chi connectivity index (χ2v) is 7.87. The molecule has 2 heterocycles. The van der Waals surface area contributed by atoms with E-state index < -0.39 is 0 Å². The first kappa shape index (κ1) is 16.7. The summed E-state index contributed by atoms with van der Waals surface area (Å²) in [6.07, 6.45) is 4.52. The third kappa shape index (κ3) is 3.66. The van der Waals surface area contributed by atoms with Gasteiger partial charge in [0.25, 0.3) is 5.91 Å². The van der Waals surface area contributed by atoms with Crippen LogP contribution in [0.15, 0.2) is 22.9 Å². The van der Waals surface area contributed by atoms with E-state index in [0.29, 0.717) is 11.4 Å². The zero-order valence-electron chi connectivity index (χ0n) is 15.1. The number of hydrogen-bond acceptors (Lipinski definition) is 3. The molecule has 1 saturated carbocycles. The largest absolute Gasteiger partial charge is 0.359 e. The number of pyridine rings is 1. The van der Waals surface area contributed by atoms with Crippen molar-refractivity contribution >= 4 is 11.7 Å². The first-order valence-corrected chi connectivity index (χ1v) is 8.53. The lowest BCUT2D eigenvalue weighted by molar-refractivity contribution is -0.706. The highest BCUT2D eigenvalue weighted by Crippen LogP contribution is 2.29. The number of aromatic nitrogens is 2. The van der Waals surface area contributed by atoms with E-state index in [1.165, 1.54) is 18.5 Å². The summed E-state index contributed by atoms with van der Waals surface area (Å²) in [4.78, 5) is 12.6. The lowest BCUT2D eigenvalue weighted by Crippen LogP contribution is -2.40. The minimum Gasteiger partial charge on any atom is -0.359 e. The topological polar surface area (TPSA) is 59.0 Å². The highest BCUT2D eigenvalue weighted by molar-refractivity contribution is 6.03. The van der Waals surface area contributed by atoms with Gasteiger partial charge in [-0.2, -0.15) is 0 Å². The quantitative estimate of drug-likeness (QED) is 0.873. The van der Waals surface area contributed by atoms with Crippen LogP contribution >= 0.6 is 0 Å². The van der Waals surface area contributed by atoms with Crippen LogP contribution < -0.4 is 9.88 Å². The van der Waals surface area contributed by atoms with Gasteiger partial charge < -0.3 is 9.84 Å². The van der Waals surface area contributed by atoms with E-state index in [1.54, 1.807) is 6.07 Å². The van der Waals surface area contributed by atoms with Gasteiger partial charge in [0.2, 0.25) is 0 Å². The van der Waals surface area contributed by atoms with Crippen LogP contribution in [0, 0.1) is 19.8 Å². The second-order valence-electron chi connectivity index (χ2n) is 7.87. The van der Waals surface area contributed by atoms with Crippen LogP contribution in [0.2, 0.25) is 0 Å². The molecule has 1 amide bonds. The van der Waals surface area contributed by atoms with Crippen molar-refractivity contribution in [2.75, 3.05) is 5.32 Å². The SMILES string of the molecule is Cc1cc(C(=O)Nc2cc(C(C)(C)C)on2)c[n+](CC2CC2)c1C. The Kier molecular flexibility index (Phi) is 4.20. The Hall–Kier alpha value is -2.17. The molecule has 128 valence electrons. The fraction of sp³-hybridized carbons (Fsp3) is 0.526. The molecule has 24 heavy (non-hydrogen) atoms. The van der Waals surface area contributed by atoms with Crippen LogP contribution in [0.1, 0.15) is 61.0 Å². The number of anilines is 1. The van der Waals surface area contributed by atoms with Gasteiger partial charge in [-0.05, 0) is 25.8 Å². The first-order valence-electron chi connectivity index (χ1n) is 8.53. The molecule has 0 unspecified atom stereocenters. The molecule has 0 aromatic carbocycles. The molecule has 0 spiro atoms. The molecule has 5 nitrogen and oxygen atoms in total. The molecule has 0 radical (unpaired) electrons. The van der Waals surface area contributed by atoms with Crippen LogP contribution in [0.3, 0.4) is 0 Å². The van der Waals surface area contributed by atoms with Crippen LogP contribution in [0.25, 0.3) is 0 Å². The summed E-state index contributed by atoms with van der Waals surface area (Å²) in [6.45, 7) is 11.3. The predicted octanol–water partition coefficient (Wildman–Crippen LogP) is 3.54. The van der Waals surface area contributed by atoms with Gasteiger partial charge in [0.15, 0.2) is 24.3 Å². The summed E-state index contributed by atoms with van der Waals surface area (Å²) in [5, 5.41) is 6.79. The van der Waals surface area contributed by atoms with E-state index >= 15 is 0 Å². The first-order chi connectivity index (χ1) is 11.2. The number of carbonyl (C=O) groups is 1. The molecule has 1 aliphatic rings. The van der Waals surface area contributed by atoms with Gasteiger partial charge >= 0.3 is 0 Å². The maximum atomic E-state index is 12.6. The summed E-state index contributed by atoms with van der Waals surface area (Å²) in [6, 6.07) is 3.72. The van der Waals surface area contributed by atoms with E-state index in [2.05, 4.69) is 22.0 Å². The van der Waals surface area contributed by atoms with Crippen molar-refractivity contribution in [2.45, 2.75) is 59.4 Å². The molecule has 0 aliphatic heterocycles. The van der Waals surface area contributed by atoms with Crippen molar-refractivity contribution in [2.24, 2.45) is 5.92 Å². The molecular weight excluding hydrogens is 302 g/mol. The summed E-state index contributed by atoms with van der Waals surface area (Å²) < 4.78 is 7.52. The van der Waals surface area contributed by atoms with Crippen LogP contribution in [0.5, 0.6) is 0 Å². The van der Waals surface area contributed by atoms with Crippen molar-refractivity contribution in [1.82, 2.24) is 5.16 Å². The summed E-state index contributed by atoms with van der Waals surface area (Å²) in [5.41, 5.74) is 2.86. The lowest BCUT2D eigenvalue weighted by Gasteiger charge is -2.12. The zero-order chi connectivity index (χ0) is 17.5. The van der Waals surface area contributed by atoms with Crippen molar-refractivity contribution in [3.05, 3.63) is 40.9 Å². The lowest BCUT2D eigenvalue weighted by atomic mass is 9.93. The molecule has 0 bridgehead atoms. The van der Waals surface area contributed by atoms with E-state index in [0.717, 1.165) is 23.8 Å². The third-order valence-electron chi connectivity index (χ3n) is 4.57. The standard InChI is InChI=1S/C19H25N3O2/c1-12-8-15(11-22(13(12)2)10-14-6-7-14)18(23)20-17-9-16(24-21-17)19(3,4)5/h8-9,11,14H,6-7,10H2,1-5H3/p+1. The molecule has 2 aromatic rings. The fourth-order valence-electron chi connectivity index (χ4n) is 2.63. The molecule has 2 aromatic heterocycles. The van der Waals surface area contributed by atoms with Crippen LogP contribution in [0.4, 0.5) is 5.82 Å². The Labute approximate surface area is 143 Å². The van der Waals surface area contributed by atoms with Crippen molar-refractivity contribution in [3.63, 3.8) is 0 Å². The number of rotatable bonds is 4. The number of aryl methyl sites for hydroxylation is 1. The molecule has 1 aliphatic carbocycles. The summed E-state index contributed by atoms with van der Waals surface area (Å²) >= 11 is 0. The Bertz CT molecular complexity index is 767. The van der Waals surface area contributed by atoms with Crippen molar-refractivity contribution in [1.29, 1.82) is 0 Å². The van der Waals surface area contributed by atoms with Gasteiger partial charge in [0.05, 0.1) is 0 Å². The molecule has 5 heteroatoms. The maximum Gasteiger partial charge on any atom is 0.262 e. The van der Waals surface area contributed by atoms with E-state index in [4.69, 9.17) is 4.52 Å². The Morgan fingerprint density at radius 3 is 2.62 bits per heavy atom. The normalized spacial score (nSPS) is 14.7. The van der Waals surface area contributed by atoms with Gasteiger partial charge in [-0.1, -0.05) is 25.9 Å². The minimum atomic E-state index is -0.156. The van der Waals surface area contributed by atoms with E-state index in [9.17, 15) is 4.79 Å². The van der Waals surface area contributed by atoms with Crippen LogP contribution in [-0.4, -0.2) is 11.1 Å². The van der Waals surface area contributed by atoms with Crippen molar-refractivity contribution < 1.29 is 13.9 Å². The molecular formula is C19H26N3O2+. The average Bonchev–Trinajstić information content (AvgIpc) is 3.17. The predicted molar refractivity (Wildman–Crippen MR) is 92.0 cm³/mol. The maximum absolute atomic E-state index is 12.6. The van der Waals surface area contributed by atoms with Gasteiger partial charge in [-0.15, -0.1) is 0 Å². The van der Waals surface area contributed by atoms with Gasteiger partial charge in [0, 0.05) is 29.9 Å². The van der Waals surface area contributed by atoms with Crippen molar-refractivity contribution in [3.8, 4) is 0 Å².